The fraction of sp³-hybridized carbons (Fsp3) is 0.273. The molecule has 14 heavy (non-hydrogen) atoms. The van der Waals surface area contributed by atoms with Crippen molar-refractivity contribution < 1.29 is 0 Å². The SMILES string of the molecule is SCNCCc1c[nH]c2ccccc12. The Morgan fingerprint density at radius 1 is 1.29 bits per heavy atom. The van der Waals surface area contributed by atoms with Gasteiger partial charge in [-0.3, -0.25) is 0 Å². The maximum atomic E-state index is 4.11. The summed E-state index contributed by atoms with van der Waals surface area (Å²) in [6, 6.07) is 8.38. The molecule has 0 aliphatic heterocycles. The van der Waals surface area contributed by atoms with Gasteiger partial charge in [-0.2, -0.15) is 12.6 Å². The quantitative estimate of drug-likeness (QED) is 0.399. The van der Waals surface area contributed by atoms with Crippen LogP contribution in [0, 0.1) is 0 Å². The van der Waals surface area contributed by atoms with Crippen LogP contribution in [0.4, 0.5) is 0 Å². The fourth-order valence-electron chi connectivity index (χ4n) is 1.64. The van der Waals surface area contributed by atoms with Gasteiger partial charge in [0.25, 0.3) is 0 Å². The molecule has 2 aromatic rings. The van der Waals surface area contributed by atoms with E-state index in [-0.39, 0.29) is 0 Å². The number of fused-ring (bicyclic) bond motifs is 1. The predicted molar refractivity (Wildman–Crippen MR) is 63.9 cm³/mol. The van der Waals surface area contributed by atoms with E-state index in [0.29, 0.717) is 0 Å². The Hall–Kier alpha value is -0.930. The highest BCUT2D eigenvalue weighted by molar-refractivity contribution is 7.80. The number of benzene rings is 1. The zero-order valence-corrected chi connectivity index (χ0v) is 8.85. The lowest BCUT2D eigenvalue weighted by Crippen LogP contribution is -2.14. The van der Waals surface area contributed by atoms with Crippen LogP contribution in [0.25, 0.3) is 10.9 Å². The molecule has 3 heteroatoms. The largest absolute Gasteiger partial charge is 0.361 e. The lowest BCUT2D eigenvalue weighted by atomic mass is 10.1. The number of aromatic amines is 1. The van der Waals surface area contributed by atoms with Gasteiger partial charge in [-0.25, -0.2) is 0 Å². The second kappa shape index (κ2) is 4.53. The van der Waals surface area contributed by atoms with E-state index in [0.717, 1.165) is 18.8 Å². The van der Waals surface area contributed by atoms with Crippen molar-refractivity contribution in [1.29, 1.82) is 0 Å². The molecule has 0 saturated heterocycles. The van der Waals surface area contributed by atoms with E-state index >= 15 is 0 Å². The van der Waals surface area contributed by atoms with E-state index in [2.05, 4.69) is 53.4 Å². The monoisotopic (exact) mass is 206 g/mol. The van der Waals surface area contributed by atoms with Crippen molar-refractivity contribution >= 4 is 23.5 Å². The number of aromatic nitrogens is 1. The zero-order chi connectivity index (χ0) is 9.80. The highest BCUT2D eigenvalue weighted by Crippen LogP contribution is 2.17. The minimum atomic E-state index is 0.738. The van der Waals surface area contributed by atoms with Crippen molar-refractivity contribution in [3.8, 4) is 0 Å². The molecule has 0 spiro atoms. The molecule has 74 valence electrons. The first kappa shape index (κ1) is 9.62. The first-order chi connectivity index (χ1) is 6.92. The van der Waals surface area contributed by atoms with E-state index in [9.17, 15) is 0 Å². The molecule has 2 N–H and O–H groups in total. The minimum Gasteiger partial charge on any atom is -0.361 e. The van der Waals surface area contributed by atoms with Gasteiger partial charge in [0.1, 0.15) is 0 Å². The first-order valence-electron chi connectivity index (χ1n) is 4.78. The second-order valence-corrected chi connectivity index (χ2v) is 3.58. The third-order valence-corrected chi connectivity index (χ3v) is 2.58. The van der Waals surface area contributed by atoms with Crippen LogP contribution in [-0.4, -0.2) is 17.4 Å². The summed E-state index contributed by atoms with van der Waals surface area (Å²) in [7, 11) is 0. The Balaban J connectivity index is 2.17. The van der Waals surface area contributed by atoms with E-state index in [4.69, 9.17) is 0 Å². The van der Waals surface area contributed by atoms with Crippen LogP contribution in [0.2, 0.25) is 0 Å². The fourth-order valence-corrected chi connectivity index (χ4v) is 1.80. The zero-order valence-electron chi connectivity index (χ0n) is 7.96. The van der Waals surface area contributed by atoms with Crippen molar-refractivity contribution in [2.45, 2.75) is 6.42 Å². The molecule has 0 unspecified atom stereocenters. The maximum absolute atomic E-state index is 4.11. The third-order valence-electron chi connectivity index (χ3n) is 2.36. The van der Waals surface area contributed by atoms with Crippen molar-refractivity contribution in [3.63, 3.8) is 0 Å². The number of hydrogen-bond acceptors (Lipinski definition) is 2. The smallest absolute Gasteiger partial charge is 0.0456 e. The van der Waals surface area contributed by atoms with Crippen LogP contribution < -0.4 is 5.32 Å². The van der Waals surface area contributed by atoms with Crippen molar-refractivity contribution in [1.82, 2.24) is 10.3 Å². The molecule has 0 aliphatic rings. The number of H-pyrrole nitrogens is 1. The summed E-state index contributed by atoms with van der Waals surface area (Å²) in [5.41, 5.74) is 2.59. The average molecular weight is 206 g/mol. The van der Waals surface area contributed by atoms with Crippen LogP contribution in [-0.2, 0) is 6.42 Å². The summed E-state index contributed by atoms with van der Waals surface area (Å²) in [5, 5.41) is 4.53. The van der Waals surface area contributed by atoms with Crippen LogP contribution in [0.3, 0.4) is 0 Å². The molecule has 0 saturated carbocycles. The molecule has 0 radical (unpaired) electrons. The molecular formula is C11H14N2S. The average Bonchev–Trinajstić information content (AvgIpc) is 2.63. The van der Waals surface area contributed by atoms with Gasteiger partial charge >= 0.3 is 0 Å². The Kier molecular flexibility index (Phi) is 3.11. The van der Waals surface area contributed by atoms with Gasteiger partial charge in [0.2, 0.25) is 0 Å². The molecule has 2 rings (SSSR count). The standard InChI is InChI=1S/C11H14N2S/c14-8-12-6-5-9-7-13-11-4-2-1-3-10(9)11/h1-4,7,12-14H,5-6,8H2. The van der Waals surface area contributed by atoms with Gasteiger partial charge in [0.15, 0.2) is 0 Å². The number of nitrogens with one attached hydrogen (secondary N) is 2. The van der Waals surface area contributed by atoms with E-state index in [1.54, 1.807) is 0 Å². The summed E-state index contributed by atoms with van der Waals surface area (Å²) in [6.45, 7) is 0.978. The number of hydrogen-bond donors (Lipinski definition) is 3. The maximum Gasteiger partial charge on any atom is 0.0456 e. The van der Waals surface area contributed by atoms with Gasteiger partial charge in [0.05, 0.1) is 0 Å². The van der Waals surface area contributed by atoms with Crippen LogP contribution in [0.1, 0.15) is 5.56 Å². The third kappa shape index (κ3) is 1.94. The number of para-hydroxylation sites is 1. The molecular weight excluding hydrogens is 192 g/mol. The minimum absolute atomic E-state index is 0.738. The molecule has 1 aromatic carbocycles. The number of thiol groups is 1. The summed E-state index contributed by atoms with van der Waals surface area (Å²) < 4.78 is 0. The van der Waals surface area contributed by atoms with E-state index in [1.807, 2.05) is 0 Å². The molecule has 0 bridgehead atoms. The molecule has 0 atom stereocenters. The van der Waals surface area contributed by atoms with E-state index < -0.39 is 0 Å². The highest BCUT2D eigenvalue weighted by Gasteiger charge is 2.01. The summed E-state index contributed by atoms with van der Waals surface area (Å²) >= 11 is 4.11. The Morgan fingerprint density at radius 2 is 2.14 bits per heavy atom. The van der Waals surface area contributed by atoms with Gasteiger partial charge in [-0.15, -0.1) is 0 Å². The van der Waals surface area contributed by atoms with Gasteiger partial charge in [-0.1, -0.05) is 18.2 Å². The molecule has 0 amide bonds. The Morgan fingerprint density at radius 3 is 3.00 bits per heavy atom. The Bertz CT molecular complexity index is 408. The Labute approximate surface area is 89.1 Å². The predicted octanol–water partition coefficient (Wildman–Crippen LogP) is 2.19. The first-order valence-corrected chi connectivity index (χ1v) is 5.41. The number of rotatable bonds is 4. The highest BCUT2D eigenvalue weighted by atomic mass is 32.1. The molecule has 0 aliphatic carbocycles. The molecule has 1 heterocycles. The topological polar surface area (TPSA) is 27.8 Å². The van der Waals surface area contributed by atoms with Gasteiger partial charge in [-0.05, 0) is 18.1 Å². The van der Waals surface area contributed by atoms with Crippen LogP contribution >= 0.6 is 12.6 Å². The van der Waals surface area contributed by atoms with Crippen molar-refractivity contribution in [2.24, 2.45) is 0 Å². The lowest BCUT2D eigenvalue weighted by Gasteiger charge is -1.99. The second-order valence-electron chi connectivity index (χ2n) is 3.27. The van der Waals surface area contributed by atoms with E-state index in [1.165, 1.54) is 16.5 Å². The molecule has 1 aromatic heterocycles. The summed E-state index contributed by atoms with van der Waals surface area (Å²) in [6.07, 6.45) is 3.13. The van der Waals surface area contributed by atoms with Crippen LogP contribution in [0.5, 0.6) is 0 Å². The van der Waals surface area contributed by atoms with Gasteiger partial charge in [0, 0.05) is 29.5 Å². The summed E-state index contributed by atoms with van der Waals surface area (Å²) in [4.78, 5) is 3.27. The summed E-state index contributed by atoms with van der Waals surface area (Å²) in [5.74, 6) is 0.738. The molecule has 0 fully saturated rings. The van der Waals surface area contributed by atoms with Crippen molar-refractivity contribution in [2.75, 3.05) is 12.4 Å². The molecule has 2 nitrogen and oxygen atoms in total. The van der Waals surface area contributed by atoms with Gasteiger partial charge < -0.3 is 10.3 Å². The van der Waals surface area contributed by atoms with Crippen LogP contribution in [0.15, 0.2) is 30.5 Å². The van der Waals surface area contributed by atoms with Crippen molar-refractivity contribution in [3.05, 3.63) is 36.0 Å². The lowest BCUT2D eigenvalue weighted by molar-refractivity contribution is 0.779. The normalized spacial score (nSPS) is 10.9.